The number of aromatic nitrogens is 1. The smallest absolute Gasteiger partial charge is 0.253 e. The molecule has 1 heterocycles. The van der Waals surface area contributed by atoms with Crippen LogP contribution in [0.1, 0.15) is 10.4 Å². The van der Waals surface area contributed by atoms with Crippen molar-refractivity contribution in [3.63, 3.8) is 0 Å². The molecule has 0 aliphatic heterocycles. The van der Waals surface area contributed by atoms with Crippen molar-refractivity contribution in [1.82, 2.24) is 10.3 Å². The number of nitrogens with one attached hydrogen (secondary N) is 1. The van der Waals surface area contributed by atoms with Gasteiger partial charge in [-0.15, -0.1) is 6.58 Å². The van der Waals surface area contributed by atoms with Gasteiger partial charge in [-0.05, 0) is 18.2 Å². The summed E-state index contributed by atoms with van der Waals surface area (Å²) in [6.45, 7) is 4.00. The van der Waals surface area contributed by atoms with Crippen molar-refractivity contribution in [2.45, 2.75) is 0 Å². The van der Waals surface area contributed by atoms with Gasteiger partial charge in [0, 0.05) is 24.2 Å². The quantitative estimate of drug-likeness (QED) is 0.836. The number of nitrogens with zero attached hydrogens (tertiary/aromatic N) is 1. The van der Waals surface area contributed by atoms with Crippen molar-refractivity contribution < 1.29 is 9.53 Å². The van der Waals surface area contributed by atoms with E-state index in [2.05, 4.69) is 16.9 Å². The molecule has 2 rings (SSSR count). The predicted octanol–water partition coefficient (Wildman–Crippen LogP) is 2.16. The number of hydrogen-bond donors (Lipinski definition) is 1. The minimum atomic E-state index is -0.153. The molecule has 0 atom stereocenters. The second-order valence-electron chi connectivity index (χ2n) is 3.78. The predicted molar refractivity (Wildman–Crippen MR) is 70.8 cm³/mol. The summed E-state index contributed by atoms with van der Waals surface area (Å²) in [6, 6.07) is 7.36. The molecule has 1 amide bonds. The summed E-state index contributed by atoms with van der Waals surface area (Å²) >= 11 is 0. The van der Waals surface area contributed by atoms with E-state index < -0.39 is 0 Å². The van der Waals surface area contributed by atoms with Crippen LogP contribution in [0.4, 0.5) is 0 Å². The Kier molecular flexibility index (Phi) is 3.57. The zero-order valence-corrected chi connectivity index (χ0v) is 10.1. The van der Waals surface area contributed by atoms with E-state index in [4.69, 9.17) is 4.74 Å². The molecule has 92 valence electrons. The van der Waals surface area contributed by atoms with Crippen LogP contribution in [0.3, 0.4) is 0 Å². The second kappa shape index (κ2) is 5.31. The highest BCUT2D eigenvalue weighted by Crippen LogP contribution is 2.19. The molecule has 0 aliphatic rings. The number of carbonyl (C=O) groups is 1. The third-order valence-electron chi connectivity index (χ3n) is 2.56. The molecular weight excluding hydrogens is 228 g/mol. The zero-order chi connectivity index (χ0) is 13.0. The number of methoxy groups -OCH3 is 1. The Balaban J connectivity index is 2.32. The molecule has 0 bridgehead atoms. The number of amides is 1. The van der Waals surface area contributed by atoms with E-state index >= 15 is 0 Å². The maximum Gasteiger partial charge on any atom is 0.253 e. The summed E-state index contributed by atoms with van der Waals surface area (Å²) in [5, 5.41) is 3.62. The molecule has 0 radical (unpaired) electrons. The van der Waals surface area contributed by atoms with Gasteiger partial charge in [-0.2, -0.15) is 0 Å². The van der Waals surface area contributed by atoms with Crippen molar-refractivity contribution in [2.24, 2.45) is 0 Å². The molecule has 0 aliphatic carbocycles. The van der Waals surface area contributed by atoms with Gasteiger partial charge in [0.15, 0.2) is 0 Å². The molecule has 1 aromatic carbocycles. The molecule has 1 aromatic heterocycles. The molecule has 0 saturated heterocycles. The number of rotatable bonds is 4. The molecule has 0 saturated carbocycles. The topological polar surface area (TPSA) is 51.2 Å². The largest absolute Gasteiger partial charge is 0.497 e. The first-order chi connectivity index (χ1) is 8.74. The van der Waals surface area contributed by atoms with Crippen LogP contribution in [0, 0.1) is 0 Å². The summed E-state index contributed by atoms with van der Waals surface area (Å²) in [5.74, 6) is 0.596. The number of fused-ring (bicyclic) bond motifs is 1. The second-order valence-corrected chi connectivity index (χ2v) is 3.78. The van der Waals surface area contributed by atoms with Gasteiger partial charge in [0.05, 0.1) is 18.2 Å². The van der Waals surface area contributed by atoms with Crippen LogP contribution >= 0.6 is 0 Å². The summed E-state index contributed by atoms with van der Waals surface area (Å²) in [6.07, 6.45) is 3.19. The molecule has 2 aromatic rings. The minimum Gasteiger partial charge on any atom is -0.497 e. The Morgan fingerprint density at radius 3 is 3.06 bits per heavy atom. The summed E-state index contributed by atoms with van der Waals surface area (Å²) in [4.78, 5) is 16.0. The molecule has 4 nitrogen and oxygen atoms in total. The molecule has 18 heavy (non-hydrogen) atoms. The van der Waals surface area contributed by atoms with Gasteiger partial charge < -0.3 is 10.1 Å². The monoisotopic (exact) mass is 242 g/mol. The third-order valence-corrected chi connectivity index (χ3v) is 2.56. The lowest BCUT2D eigenvalue weighted by atomic mass is 10.1. The standard InChI is InChI=1S/C14H14N2O2/c1-3-6-15-14(17)11-7-10-4-5-12(18-2)8-13(10)16-9-11/h3-5,7-9H,1,6H2,2H3,(H,15,17). The number of benzene rings is 1. The van der Waals surface area contributed by atoms with Crippen LogP contribution in [0.25, 0.3) is 10.9 Å². The summed E-state index contributed by atoms with van der Waals surface area (Å²) in [5.41, 5.74) is 1.34. The van der Waals surface area contributed by atoms with Crippen molar-refractivity contribution in [1.29, 1.82) is 0 Å². The summed E-state index contributed by atoms with van der Waals surface area (Å²) in [7, 11) is 1.61. The lowest BCUT2D eigenvalue weighted by Gasteiger charge is -2.05. The Hall–Kier alpha value is -2.36. The maximum atomic E-state index is 11.7. The van der Waals surface area contributed by atoms with Crippen molar-refractivity contribution in [3.8, 4) is 5.75 Å². The van der Waals surface area contributed by atoms with E-state index in [-0.39, 0.29) is 5.91 Å². The van der Waals surface area contributed by atoms with Crippen molar-refractivity contribution >= 4 is 16.8 Å². The number of ether oxygens (including phenoxy) is 1. The first kappa shape index (κ1) is 12.1. The lowest BCUT2D eigenvalue weighted by Crippen LogP contribution is -2.23. The van der Waals surface area contributed by atoms with Crippen LogP contribution in [0.2, 0.25) is 0 Å². The van der Waals surface area contributed by atoms with Crippen molar-refractivity contribution in [3.05, 3.63) is 48.7 Å². The molecule has 0 fully saturated rings. The van der Waals surface area contributed by atoms with E-state index in [1.807, 2.05) is 18.2 Å². The van der Waals surface area contributed by atoms with E-state index in [0.717, 1.165) is 16.7 Å². The molecule has 4 heteroatoms. The Morgan fingerprint density at radius 2 is 2.33 bits per heavy atom. The molecule has 0 unspecified atom stereocenters. The summed E-state index contributed by atoms with van der Waals surface area (Å²) < 4.78 is 5.12. The molecular formula is C14H14N2O2. The van der Waals surface area contributed by atoms with Gasteiger partial charge in [-0.1, -0.05) is 6.08 Å². The number of pyridine rings is 1. The van der Waals surface area contributed by atoms with Gasteiger partial charge in [-0.25, -0.2) is 0 Å². The Morgan fingerprint density at radius 1 is 1.50 bits per heavy atom. The van der Waals surface area contributed by atoms with Gasteiger partial charge in [-0.3, -0.25) is 9.78 Å². The first-order valence-corrected chi connectivity index (χ1v) is 5.57. The SMILES string of the molecule is C=CCNC(=O)c1cnc2cc(OC)ccc2c1. The average molecular weight is 242 g/mol. The normalized spacial score (nSPS) is 10.1. The number of hydrogen-bond acceptors (Lipinski definition) is 3. The minimum absolute atomic E-state index is 0.153. The fourth-order valence-corrected chi connectivity index (χ4v) is 1.62. The zero-order valence-electron chi connectivity index (χ0n) is 10.1. The van der Waals surface area contributed by atoms with Gasteiger partial charge in [0.25, 0.3) is 5.91 Å². The van der Waals surface area contributed by atoms with Gasteiger partial charge in [0.2, 0.25) is 0 Å². The van der Waals surface area contributed by atoms with Crippen LogP contribution in [-0.4, -0.2) is 24.5 Å². The van der Waals surface area contributed by atoms with Gasteiger partial charge >= 0.3 is 0 Å². The third kappa shape index (κ3) is 2.48. The molecule has 1 N–H and O–H groups in total. The fourth-order valence-electron chi connectivity index (χ4n) is 1.62. The Bertz CT molecular complexity index is 593. The van der Waals surface area contributed by atoms with Gasteiger partial charge in [0.1, 0.15) is 5.75 Å². The van der Waals surface area contributed by atoms with E-state index in [9.17, 15) is 4.79 Å². The fraction of sp³-hybridized carbons (Fsp3) is 0.143. The lowest BCUT2D eigenvalue weighted by molar-refractivity contribution is 0.0958. The highest BCUT2D eigenvalue weighted by atomic mass is 16.5. The first-order valence-electron chi connectivity index (χ1n) is 5.57. The van der Waals surface area contributed by atoms with E-state index in [1.165, 1.54) is 0 Å². The highest BCUT2D eigenvalue weighted by molar-refractivity contribution is 5.97. The molecule has 0 spiro atoms. The average Bonchev–Trinajstić information content (AvgIpc) is 2.43. The number of carbonyl (C=O) groups excluding carboxylic acids is 1. The van der Waals surface area contributed by atoms with E-state index in [1.54, 1.807) is 25.4 Å². The van der Waals surface area contributed by atoms with Crippen LogP contribution in [-0.2, 0) is 0 Å². The maximum absolute atomic E-state index is 11.7. The van der Waals surface area contributed by atoms with E-state index in [0.29, 0.717) is 12.1 Å². The highest BCUT2D eigenvalue weighted by Gasteiger charge is 2.06. The van der Waals surface area contributed by atoms with Crippen LogP contribution < -0.4 is 10.1 Å². The van der Waals surface area contributed by atoms with Crippen LogP contribution in [0.15, 0.2) is 43.1 Å². The van der Waals surface area contributed by atoms with Crippen molar-refractivity contribution in [2.75, 3.05) is 13.7 Å². The van der Waals surface area contributed by atoms with Crippen LogP contribution in [0.5, 0.6) is 5.75 Å². The Labute approximate surface area is 105 Å².